The first-order valence-electron chi connectivity index (χ1n) is 9.67. The van der Waals surface area contributed by atoms with Gasteiger partial charge in [0.2, 0.25) is 0 Å². The van der Waals surface area contributed by atoms with Gasteiger partial charge in [0.25, 0.3) is 0 Å². The van der Waals surface area contributed by atoms with Crippen LogP contribution in [-0.4, -0.2) is 23.3 Å². The van der Waals surface area contributed by atoms with Gasteiger partial charge in [-0.15, -0.1) is 26.3 Å². The van der Waals surface area contributed by atoms with E-state index in [-0.39, 0.29) is 5.56 Å². The monoisotopic (exact) mass is 382 g/mol. The van der Waals surface area contributed by atoms with Crippen molar-refractivity contribution in [2.24, 2.45) is 0 Å². The summed E-state index contributed by atoms with van der Waals surface area (Å²) in [7, 11) is 0. The van der Waals surface area contributed by atoms with Crippen LogP contribution in [0, 0.1) is 0 Å². The van der Waals surface area contributed by atoms with E-state index < -0.39 is 11.6 Å². The Bertz CT molecular complexity index is 779. The van der Waals surface area contributed by atoms with Crippen LogP contribution in [0.5, 0.6) is 11.5 Å². The van der Waals surface area contributed by atoms with Crippen LogP contribution < -0.4 is 9.47 Å². The van der Waals surface area contributed by atoms with E-state index in [9.17, 15) is 9.90 Å². The molecule has 1 aromatic rings. The third-order valence-corrected chi connectivity index (χ3v) is 5.10. The number of hydrogen-bond donors (Lipinski definition) is 1. The zero-order valence-corrected chi connectivity index (χ0v) is 16.8. The molecule has 4 nitrogen and oxygen atoms in total. The molecule has 0 amide bonds. The van der Waals surface area contributed by atoms with Crippen LogP contribution in [0.15, 0.2) is 50.6 Å². The maximum Gasteiger partial charge on any atom is 0.339 e. The Kier molecular flexibility index (Phi) is 7.27. The molecule has 0 fully saturated rings. The van der Waals surface area contributed by atoms with Crippen molar-refractivity contribution in [2.45, 2.75) is 51.0 Å². The molecule has 2 rings (SSSR count). The summed E-state index contributed by atoms with van der Waals surface area (Å²) in [6, 6.07) is 0. The van der Waals surface area contributed by atoms with Crippen molar-refractivity contribution < 1.29 is 19.4 Å². The van der Waals surface area contributed by atoms with Gasteiger partial charge in [-0.05, 0) is 32.6 Å². The number of carboxylic acids is 1. The summed E-state index contributed by atoms with van der Waals surface area (Å²) in [6.07, 6.45) is 10.9. The van der Waals surface area contributed by atoms with Crippen molar-refractivity contribution in [1.82, 2.24) is 0 Å². The van der Waals surface area contributed by atoms with Crippen molar-refractivity contribution in [3.8, 4) is 11.5 Å². The molecule has 1 heterocycles. The van der Waals surface area contributed by atoms with Gasteiger partial charge in [-0.1, -0.05) is 24.3 Å². The zero-order chi connectivity index (χ0) is 20.7. The number of rotatable bonds is 11. The molecular weight excluding hydrogens is 352 g/mol. The second-order valence-corrected chi connectivity index (χ2v) is 6.96. The Morgan fingerprint density at radius 1 is 1.11 bits per heavy atom. The molecular formula is C24H30O4. The summed E-state index contributed by atoms with van der Waals surface area (Å²) >= 11 is 0. The average Bonchev–Trinajstić information content (AvgIpc) is 2.65. The number of carbonyl (C=O) groups is 1. The van der Waals surface area contributed by atoms with Crippen molar-refractivity contribution >= 4 is 5.97 Å². The Labute approximate surface area is 167 Å². The second-order valence-electron chi connectivity index (χ2n) is 6.96. The standard InChI is InChI=1S/C24H30O4/c1-6-11-17-18(12-7-2)22(27-10-5)20(23(25)26)19-13-16-24(14-8-3,15-9-4)28-21(17)19/h6-9H,1-4,10-16H2,5H3,(H,25,26). The molecule has 1 N–H and O–H groups in total. The highest BCUT2D eigenvalue weighted by atomic mass is 16.5. The molecule has 0 radical (unpaired) electrons. The molecule has 0 bridgehead atoms. The van der Waals surface area contributed by atoms with Crippen LogP contribution in [0.3, 0.4) is 0 Å². The van der Waals surface area contributed by atoms with Crippen molar-refractivity contribution in [2.75, 3.05) is 6.61 Å². The first-order valence-corrected chi connectivity index (χ1v) is 9.67. The highest BCUT2D eigenvalue weighted by molar-refractivity contribution is 5.95. The molecule has 28 heavy (non-hydrogen) atoms. The predicted octanol–water partition coefficient (Wildman–Crippen LogP) is 5.46. The summed E-state index contributed by atoms with van der Waals surface area (Å²) in [5.74, 6) is 0.0697. The van der Waals surface area contributed by atoms with E-state index in [1.54, 1.807) is 12.2 Å². The van der Waals surface area contributed by atoms with Gasteiger partial charge in [-0.3, -0.25) is 0 Å². The molecule has 4 heteroatoms. The van der Waals surface area contributed by atoms with Crippen LogP contribution in [-0.2, 0) is 19.3 Å². The van der Waals surface area contributed by atoms with Gasteiger partial charge in [-0.25, -0.2) is 4.79 Å². The second kappa shape index (κ2) is 9.45. The predicted molar refractivity (Wildman–Crippen MR) is 114 cm³/mol. The highest BCUT2D eigenvalue weighted by Crippen LogP contribution is 2.47. The summed E-state index contributed by atoms with van der Waals surface area (Å²) in [6.45, 7) is 17.7. The quantitative estimate of drug-likeness (QED) is 0.517. The molecule has 150 valence electrons. The number of ether oxygens (including phenoxy) is 2. The van der Waals surface area contributed by atoms with Crippen LogP contribution in [0.2, 0.25) is 0 Å². The molecule has 1 aromatic carbocycles. The first kappa shape index (κ1) is 21.5. The van der Waals surface area contributed by atoms with Gasteiger partial charge in [0.05, 0.1) is 6.61 Å². The smallest absolute Gasteiger partial charge is 0.339 e. The lowest BCUT2D eigenvalue weighted by atomic mass is 9.81. The summed E-state index contributed by atoms with van der Waals surface area (Å²) in [5.41, 5.74) is 2.17. The third-order valence-electron chi connectivity index (χ3n) is 5.10. The van der Waals surface area contributed by atoms with Gasteiger partial charge < -0.3 is 14.6 Å². The molecule has 0 spiro atoms. The maximum atomic E-state index is 12.2. The number of allylic oxidation sites excluding steroid dienone is 2. The number of hydrogen-bond acceptors (Lipinski definition) is 3. The minimum Gasteiger partial charge on any atom is -0.493 e. The normalized spacial score (nSPS) is 14.3. The fourth-order valence-electron chi connectivity index (χ4n) is 3.99. The van der Waals surface area contributed by atoms with E-state index in [4.69, 9.17) is 9.47 Å². The van der Waals surface area contributed by atoms with E-state index in [1.807, 2.05) is 19.1 Å². The van der Waals surface area contributed by atoms with Crippen molar-refractivity contribution in [3.05, 3.63) is 72.9 Å². The lowest BCUT2D eigenvalue weighted by Crippen LogP contribution is -2.40. The van der Waals surface area contributed by atoms with Crippen LogP contribution in [0.1, 0.15) is 53.2 Å². The minimum absolute atomic E-state index is 0.201. The summed E-state index contributed by atoms with van der Waals surface area (Å²) in [4.78, 5) is 12.2. The van der Waals surface area contributed by atoms with E-state index in [2.05, 4.69) is 26.3 Å². The molecule has 0 saturated carbocycles. The Balaban J connectivity index is 2.83. The SMILES string of the molecule is C=CCc1c(CC=C)c(OCC)c(C(=O)O)c2c1OC(CC=C)(CC=C)CC2. The molecule has 1 aliphatic rings. The Hall–Kier alpha value is -2.75. The van der Waals surface area contributed by atoms with Crippen LogP contribution >= 0.6 is 0 Å². The van der Waals surface area contributed by atoms with Gasteiger partial charge in [0.1, 0.15) is 22.7 Å². The molecule has 0 atom stereocenters. The van der Waals surface area contributed by atoms with Crippen LogP contribution in [0.25, 0.3) is 0 Å². The fraction of sp³-hybridized carbons (Fsp3) is 0.375. The van der Waals surface area contributed by atoms with Gasteiger partial charge in [-0.2, -0.15) is 0 Å². The topological polar surface area (TPSA) is 55.8 Å². The largest absolute Gasteiger partial charge is 0.493 e. The number of aromatic carboxylic acids is 1. The fourth-order valence-corrected chi connectivity index (χ4v) is 3.99. The molecule has 0 aromatic heterocycles. The number of benzene rings is 1. The summed E-state index contributed by atoms with van der Waals surface area (Å²) in [5, 5.41) is 9.98. The average molecular weight is 383 g/mol. The van der Waals surface area contributed by atoms with E-state index in [0.717, 1.165) is 11.1 Å². The molecule has 0 aliphatic carbocycles. The van der Waals surface area contributed by atoms with Gasteiger partial charge in [0.15, 0.2) is 0 Å². The van der Waals surface area contributed by atoms with Gasteiger partial charge >= 0.3 is 5.97 Å². The lowest BCUT2D eigenvalue weighted by molar-refractivity contribution is 0.0487. The van der Waals surface area contributed by atoms with E-state index in [1.165, 1.54) is 0 Å². The Morgan fingerprint density at radius 2 is 1.71 bits per heavy atom. The number of carboxylic acid groups (broad SMARTS) is 1. The Morgan fingerprint density at radius 3 is 2.21 bits per heavy atom. The lowest BCUT2D eigenvalue weighted by Gasteiger charge is -2.40. The molecule has 0 saturated heterocycles. The third kappa shape index (κ3) is 4.06. The first-order chi connectivity index (χ1) is 13.5. The molecule has 1 aliphatic heterocycles. The molecule has 0 unspecified atom stereocenters. The maximum absolute atomic E-state index is 12.2. The van der Waals surface area contributed by atoms with Crippen molar-refractivity contribution in [3.63, 3.8) is 0 Å². The van der Waals surface area contributed by atoms with Gasteiger partial charge in [0, 0.05) is 29.5 Å². The van der Waals surface area contributed by atoms with Crippen molar-refractivity contribution in [1.29, 1.82) is 0 Å². The minimum atomic E-state index is -1.00. The summed E-state index contributed by atoms with van der Waals surface area (Å²) < 4.78 is 12.4. The van der Waals surface area contributed by atoms with E-state index in [0.29, 0.717) is 62.2 Å². The highest BCUT2D eigenvalue weighted by Gasteiger charge is 2.39. The van der Waals surface area contributed by atoms with Crippen LogP contribution in [0.4, 0.5) is 0 Å². The number of fused-ring (bicyclic) bond motifs is 1. The van der Waals surface area contributed by atoms with E-state index >= 15 is 0 Å². The zero-order valence-electron chi connectivity index (χ0n) is 16.8.